The molecule has 0 aromatic carbocycles. The highest BCUT2D eigenvalue weighted by atomic mass is 15.3. The highest BCUT2D eigenvalue weighted by Crippen LogP contribution is 2.11. The molecule has 0 fully saturated rings. The second-order valence-electron chi connectivity index (χ2n) is 4.41. The summed E-state index contributed by atoms with van der Waals surface area (Å²) in [4.78, 5) is 8.75. The summed E-state index contributed by atoms with van der Waals surface area (Å²) >= 11 is 0. The Bertz CT molecular complexity index is 544. The molecule has 2 heterocycles. The highest BCUT2D eigenvalue weighted by Gasteiger charge is 2.04. The van der Waals surface area contributed by atoms with Gasteiger partial charge in [0.1, 0.15) is 11.6 Å². The van der Waals surface area contributed by atoms with E-state index in [1.165, 1.54) is 5.56 Å². The lowest BCUT2D eigenvalue weighted by atomic mass is 10.2. The van der Waals surface area contributed by atoms with Crippen molar-refractivity contribution in [3.63, 3.8) is 0 Å². The van der Waals surface area contributed by atoms with Crippen molar-refractivity contribution in [1.29, 1.82) is 0 Å². The van der Waals surface area contributed by atoms with Crippen LogP contribution in [0.5, 0.6) is 0 Å². The monoisotopic (exact) mass is 245 g/mol. The Balaban J connectivity index is 2.10. The van der Waals surface area contributed by atoms with Gasteiger partial charge < -0.3 is 5.32 Å². The summed E-state index contributed by atoms with van der Waals surface area (Å²) in [5.41, 5.74) is 3.30. The molecule has 96 valence electrons. The van der Waals surface area contributed by atoms with Crippen LogP contribution in [-0.2, 0) is 20.0 Å². The van der Waals surface area contributed by atoms with Gasteiger partial charge in [-0.2, -0.15) is 5.10 Å². The van der Waals surface area contributed by atoms with E-state index in [0.29, 0.717) is 0 Å². The first-order valence-corrected chi connectivity index (χ1v) is 6.16. The Morgan fingerprint density at radius 3 is 2.67 bits per heavy atom. The summed E-state index contributed by atoms with van der Waals surface area (Å²) in [5.74, 6) is 1.68. The first-order chi connectivity index (χ1) is 8.58. The SMILES string of the molecule is CCc1cc(NCc2cn(C)nc2C)nc(C)n1. The number of aromatic nitrogens is 4. The summed E-state index contributed by atoms with van der Waals surface area (Å²) in [6.45, 7) is 6.76. The minimum absolute atomic E-state index is 0.735. The van der Waals surface area contributed by atoms with E-state index in [-0.39, 0.29) is 0 Å². The highest BCUT2D eigenvalue weighted by molar-refractivity contribution is 5.37. The van der Waals surface area contributed by atoms with Crippen LogP contribution in [-0.4, -0.2) is 19.7 Å². The minimum atomic E-state index is 0.735. The van der Waals surface area contributed by atoms with Crippen molar-refractivity contribution < 1.29 is 0 Å². The van der Waals surface area contributed by atoms with Gasteiger partial charge in [0.15, 0.2) is 0 Å². The second-order valence-corrected chi connectivity index (χ2v) is 4.41. The fourth-order valence-electron chi connectivity index (χ4n) is 1.91. The number of nitrogens with zero attached hydrogens (tertiary/aromatic N) is 4. The summed E-state index contributed by atoms with van der Waals surface area (Å²) in [7, 11) is 1.93. The molecule has 1 N–H and O–H groups in total. The molecule has 0 amide bonds. The minimum Gasteiger partial charge on any atom is -0.366 e. The van der Waals surface area contributed by atoms with E-state index in [1.807, 2.05) is 37.8 Å². The van der Waals surface area contributed by atoms with Gasteiger partial charge in [-0.25, -0.2) is 9.97 Å². The largest absolute Gasteiger partial charge is 0.366 e. The van der Waals surface area contributed by atoms with E-state index in [0.717, 1.165) is 36.0 Å². The van der Waals surface area contributed by atoms with Gasteiger partial charge in [-0.15, -0.1) is 0 Å². The lowest BCUT2D eigenvalue weighted by Gasteiger charge is -2.07. The second kappa shape index (κ2) is 5.16. The van der Waals surface area contributed by atoms with Gasteiger partial charge in [-0.05, 0) is 20.3 Å². The Hall–Kier alpha value is -1.91. The van der Waals surface area contributed by atoms with Crippen LogP contribution in [0.3, 0.4) is 0 Å². The maximum Gasteiger partial charge on any atom is 0.130 e. The molecule has 0 atom stereocenters. The molecule has 0 spiro atoms. The Labute approximate surface area is 107 Å². The molecule has 0 unspecified atom stereocenters. The number of hydrogen-bond acceptors (Lipinski definition) is 4. The van der Waals surface area contributed by atoms with Crippen LogP contribution in [0.25, 0.3) is 0 Å². The van der Waals surface area contributed by atoms with E-state index in [4.69, 9.17) is 0 Å². The predicted molar refractivity (Wildman–Crippen MR) is 71.4 cm³/mol. The van der Waals surface area contributed by atoms with Crippen LogP contribution >= 0.6 is 0 Å². The van der Waals surface area contributed by atoms with Crippen LogP contribution in [0.2, 0.25) is 0 Å². The zero-order chi connectivity index (χ0) is 13.1. The molecule has 18 heavy (non-hydrogen) atoms. The zero-order valence-corrected chi connectivity index (χ0v) is 11.4. The maximum atomic E-state index is 4.38. The molecular weight excluding hydrogens is 226 g/mol. The molecule has 0 aliphatic carbocycles. The number of aryl methyl sites for hydroxylation is 4. The molecule has 0 bridgehead atoms. The average molecular weight is 245 g/mol. The van der Waals surface area contributed by atoms with Gasteiger partial charge in [0.2, 0.25) is 0 Å². The van der Waals surface area contributed by atoms with Gasteiger partial charge in [0.25, 0.3) is 0 Å². The summed E-state index contributed by atoms with van der Waals surface area (Å²) in [6, 6.07) is 2.00. The Kier molecular flexibility index (Phi) is 3.60. The van der Waals surface area contributed by atoms with E-state index >= 15 is 0 Å². The number of hydrogen-bond donors (Lipinski definition) is 1. The molecule has 0 saturated carbocycles. The van der Waals surface area contributed by atoms with Crippen LogP contribution in [0.15, 0.2) is 12.3 Å². The Morgan fingerprint density at radius 2 is 2.06 bits per heavy atom. The smallest absolute Gasteiger partial charge is 0.130 e. The third kappa shape index (κ3) is 2.85. The van der Waals surface area contributed by atoms with Gasteiger partial charge in [-0.1, -0.05) is 6.92 Å². The van der Waals surface area contributed by atoms with Gasteiger partial charge in [-0.3, -0.25) is 4.68 Å². The van der Waals surface area contributed by atoms with E-state index in [9.17, 15) is 0 Å². The van der Waals surface area contributed by atoms with E-state index in [1.54, 1.807) is 0 Å². The van der Waals surface area contributed by atoms with Crippen molar-refractivity contribution in [2.24, 2.45) is 7.05 Å². The van der Waals surface area contributed by atoms with Crippen LogP contribution in [0.1, 0.15) is 29.7 Å². The van der Waals surface area contributed by atoms with Crippen LogP contribution in [0.4, 0.5) is 5.82 Å². The quantitative estimate of drug-likeness (QED) is 0.895. The fourth-order valence-corrected chi connectivity index (χ4v) is 1.91. The Morgan fingerprint density at radius 1 is 1.28 bits per heavy atom. The molecule has 0 saturated heterocycles. The molecule has 2 rings (SSSR count). The first kappa shape index (κ1) is 12.5. The van der Waals surface area contributed by atoms with Crippen molar-refractivity contribution in [1.82, 2.24) is 19.7 Å². The first-order valence-electron chi connectivity index (χ1n) is 6.16. The van der Waals surface area contributed by atoms with Crippen molar-refractivity contribution in [3.05, 3.63) is 35.0 Å². The summed E-state index contributed by atoms with van der Waals surface area (Å²) < 4.78 is 1.83. The van der Waals surface area contributed by atoms with Gasteiger partial charge >= 0.3 is 0 Å². The molecule has 2 aromatic heterocycles. The third-order valence-electron chi connectivity index (χ3n) is 2.83. The third-order valence-corrected chi connectivity index (χ3v) is 2.83. The number of nitrogens with one attached hydrogen (secondary N) is 1. The van der Waals surface area contributed by atoms with Gasteiger partial charge in [0, 0.05) is 37.1 Å². The molecule has 5 heteroatoms. The molecule has 0 radical (unpaired) electrons. The normalized spacial score (nSPS) is 10.7. The van der Waals surface area contributed by atoms with Crippen LogP contribution < -0.4 is 5.32 Å². The molecular formula is C13H19N5. The van der Waals surface area contributed by atoms with E-state index in [2.05, 4.69) is 27.3 Å². The molecule has 0 aliphatic heterocycles. The fraction of sp³-hybridized carbons (Fsp3) is 0.462. The molecule has 2 aromatic rings. The zero-order valence-electron chi connectivity index (χ0n) is 11.4. The van der Waals surface area contributed by atoms with Crippen molar-refractivity contribution in [2.75, 3.05) is 5.32 Å². The van der Waals surface area contributed by atoms with Crippen molar-refractivity contribution >= 4 is 5.82 Å². The topological polar surface area (TPSA) is 55.6 Å². The summed E-state index contributed by atoms with van der Waals surface area (Å²) in [6.07, 6.45) is 2.95. The standard InChI is InChI=1S/C13H19N5/c1-5-12-6-13(16-10(3)15-12)14-7-11-8-18(4)17-9(11)2/h6,8H,5,7H2,1-4H3,(H,14,15,16). The lowest BCUT2D eigenvalue weighted by Crippen LogP contribution is -2.05. The van der Waals surface area contributed by atoms with Crippen LogP contribution in [0, 0.1) is 13.8 Å². The average Bonchev–Trinajstić information content (AvgIpc) is 2.64. The van der Waals surface area contributed by atoms with E-state index < -0.39 is 0 Å². The molecule has 5 nitrogen and oxygen atoms in total. The van der Waals surface area contributed by atoms with Crippen molar-refractivity contribution in [2.45, 2.75) is 33.7 Å². The lowest BCUT2D eigenvalue weighted by molar-refractivity contribution is 0.756. The maximum absolute atomic E-state index is 4.38. The number of anilines is 1. The molecule has 0 aliphatic rings. The summed E-state index contributed by atoms with van der Waals surface area (Å²) in [5, 5.41) is 7.64. The van der Waals surface area contributed by atoms with Gasteiger partial charge in [0.05, 0.1) is 5.69 Å². The predicted octanol–water partition coefficient (Wildman–Crippen LogP) is 2.00. The number of rotatable bonds is 4. The van der Waals surface area contributed by atoms with Crippen molar-refractivity contribution in [3.8, 4) is 0 Å².